The Kier molecular flexibility index (Phi) is 2.86. The quantitative estimate of drug-likeness (QED) is 0.481. The number of nitrogens with zero attached hydrogens (tertiary/aromatic N) is 2. The molecule has 0 fully saturated rings. The van der Waals surface area contributed by atoms with Crippen molar-refractivity contribution in [2.75, 3.05) is 13.6 Å². The lowest BCUT2D eigenvalue weighted by Gasteiger charge is -2.40. The topological polar surface area (TPSA) is 53.3 Å². The highest BCUT2D eigenvalue weighted by Crippen LogP contribution is 1.86. The van der Waals surface area contributed by atoms with Crippen molar-refractivity contribution in [3.05, 3.63) is 11.0 Å². The first-order chi connectivity index (χ1) is 3.18. The molecular weight excluding hydrogens is 94.1 g/mol. The molecule has 0 aliphatic carbocycles. The van der Waals surface area contributed by atoms with Gasteiger partial charge in [-0.05, 0) is 13.6 Å². The minimum atomic E-state index is 0.333. The first-order valence-corrected chi connectivity index (χ1v) is 2.08. The molecule has 0 aromatic rings. The van der Waals surface area contributed by atoms with Crippen LogP contribution in [0.15, 0.2) is 0 Å². The zero-order valence-corrected chi connectivity index (χ0v) is 4.51. The summed E-state index contributed by atoms with van der Waals surface area (Å²) in [5.41, 5.74) is 0. The number of hydrazine groups is 1. The fraction of sp³-hybridized carbons (Fsp3) is 1.00. The Morgan fingerprint density at radius 2 is 2.14 bits per heavy atom. The molecule has 0 saturated carbocycles. The van der Waals surface area contributed by atoms with E-state index in [1.165, 1.54) is 7.05 Å². The van der Waals surface area contributed by atoms with Gasteiger partial charge in [0.05, 0.1) is 0 Å². The van der Waals surface area contributed by atoms with E-state index in [1.807, 2.05) is 0 Å². The van der Waals surface area contributed by atoms with Crippen LogP contribution in [-0.4, -0.2) is 23.9 Å². The van der Waals surface area contributed by atoms with Gasteiger partial charge in [0.15, 0.2) is 0 Å². The van der Waals surface area contributed by atoms with Gasteiger partial charge in [0.2, 0.25) is 0 Å². The number of hydrogen-bond donors (Lipinski definition) is 0. The SMILES string of the molecule is CCN([O-])N(C)[NH-]. The van der Waals surface area contributed by atoms with Crippen LogP contribution in [0.4, 0.5) is 0 Å². The molecular formula is C3H9N3O-2. The molecule has 0 aromatic heterocycles. The Hall–Kier alpha value is -0.160. The molecule has 0 unspecified atom stereocenters. The van der Waals surface area contributed by atoms with Crippen LogP contribution in [0, 0.1) is 5.21 Å². The van der Waals surface area contributed by atoms with E-state index < -0.39 is 0 Å². The summed E-state index contributed by atoms with van der Waals surface area (Å²) < 4.78 is 0. The van der Waals surface area contributed by atoms with Crippen molar-refractivity contribution >= 4 is 0 Å². The minimum absolute atomic E-state index is 0.333. The number of hydrogen-bond acceptors (Lipinski definition) is 3. The van der Waals surface area contributed by atoms with Crippen LogP contribution in [0.25, 0.3) is 5.84 Å². The van der Waals surface area contributed by atoms with Gasteiger partial charge in [0, 0.05) is 0 Å². The standard InChI is InChI=1S/C3H9N3O/c1-3-6(7)5(2)4/h4H,3H2,1-2H3/q-2. The number of hydroxylamine groups is 1. The molecule has 0 spiro atoms. The van der Waals surface area contributed by atoms with E-state index in [1.54, 1.807) is 6.92 Å². The largest absolute Gasteiger partial charge is 0.773 e. The zero-order chi connectivity index (χ0) is 5.86. The van der Waals surface area contributed by atoms with Crippen molar-refractivity contribution in [1.29, 1.82) is 0 Å². The second-order valence-electron chi connectivity index (χ2n) is 1.19. The normalized spacial score (nSPS) is 11.1. The molecule has 0 atom stereocenters. The van der Waals surface area contributed by atoms with Gasteiger partial charge in [-0.25, -0.2) is 0 Å². The summed E-state index contributed by atoms with van der Waals surface area (Å²) in [6, 6.07) is 0. The van der Waals surface area contributed by atoms with Gasteiger partial charge >= 0.3 is 0 Å². The molecule has 0 amide bonds. The van der Waals surface area contributed by atoms with Crippen LogP contribution in [-0.2, 0) is 0 Å². The second kappa shape index (κ2) is 2.92. The smallest absolute Gasteiger partial charge is 0.00473 e. The molecule has 0 aromatic carbocycles. The molecule has 0 saturated heterocycles. The van der Waals surface area contributed by atoms with Crippen LogP contribution in [0.1, 0.15) is 6.92 Å². The summed E-state index contributed by atoms with van der Waals surface area (Å²) in [5.74, 6) is 6.63. The maximum atomic E-state index is 10.2. The molecule has 0 bridgehead atoms. The second-order valence-corrected chi connectivity index (χ2v) is 1.19. The summed E-state index contributed by atoms with van der Waals surface area (Å²) in [6.45, 7) is 2.03. The van der Waals surface area contributed by atoms with Crippen molar-refractivity contribution in [2.45, 2.75) is 6.92 Å². The predicted octanol–water partition coefficient (Wildman–Crippen LogP) is 0.620. The third-order valence-corrected chi connectivity index (χ3v) is 0.605. The van der Waals surface area contributed by atoms with Gasteiger partial charge < -0.3 is 21.3 Å². The first kappa shape index (κ1) is 6.84. The van der Waals surface area contributed by atoms with Gasteiger partial charge in [0.1, 0.15) is 0 Å². The van der Waals surface area contributed by atoms with Gasteiger partial charge in [-0.1, -0.05) is 6.92 Å². The lowest BCUT2D eigenvalue weighted by atomic mass is 10.8. The monoisotopic (exact) mass is 103 g/mol. The lowest BCUT2D eigenvalue weighted by Crippen LogP contribution is -2.27. The van der Waals surface area contributed by atoms with Gasteiger partial charge in [-0.3, -0.25) is 0 Å². The summed E-state index contributed by atoms with van der Waals surface area (Å²) >= 11 is 0. The molecule has 0 radical (unpaired) electrons. The van der Waals surface area contributed by atoms with E-state index in [9.17, 15) is 5.21 Å². The van der Waals surface area contributed by atoms with E-state index >= 15 is 0 Å². The van der Waals surface area contributed by atoms with Crippen molar-refractivity contribution in [2.24, 2.45) is 0 Å². The number of rotatable bonds is 2. The van der Waals surface area contributed by atoms with Gasteiger partial charge in [-0.15, -0.1) is 0 Å². The summed E-state index contributed by atoms with van der Waals surface area (Å²) in [4.78, 5) is 0. The molecule has 0 aliphatic rings. The summed E-state index contributed by atoms with van der Waals surface area (Å²) in [7, 11) is 1.39. The van der Waals surface area contributed by atoms with Crippen LogP contribution in [0.3, 0.4) is 0 Å². The Bertz CT molecular complexity index is 47.4. The number of nitrogens with one attached hydrogen (secondary N) is 1. The molecule has 0 rings (SSSR count). The molecule has 0 heterocycles. The average molecular weight is 103 g/mol. The van der Waals surface area contributed by atoms with E-state index in [0.717, 1.165) is 5.12 Å². The zero-order valence-electron chi connectivity index (χ0n) is 4.51. The molecule has 4 nitrogen and oxygen atoms in total. The average Bonchev–Trinajstić information content (AvgIpc) is 1.65. The van der Waals surface area contributed by atoms with Crippen molar-refractivity contribution < 1.29 is 0 Å². The molecule has 7 heavy (non-hydrogen) atoms. The first-order valence-electron chi connectivity index (χ1n) is 2.08. The van der Waals surface area contributed by atoms with E-state index in [-0.39, 0.29) is 0 Å². The molecule has 1 N–H and O–H groups in total. The van der Waals surface area contributed by atoms with Gasteiger partial charge in [-0.2, -0.15) is 0 Å². The summed E-state index contributed by atoms with van der Waals surface area (Å²) in [5, 5.41) is 11.5. The summed E-state index contributed by atoms with van der Waals surface area (Å²) in [6.07, 6.45) is 0. The third kappa shape index (κ3) is 2.52. The van der Waals surface area contributed by atoms with Crippen LogP contribution < -0.4 is 0 Å². The molecule has 44 valence electrons. The maximum Gasteiger partial charge on any atom is -0.00473 e. The van der Waals surface area contributed by atoms with Crippen molar-refractivity contribution in [3.8, 4) is 0 Å². The van der Waals surface area contributed by atoms with Gasteiger partial charge in [0.25, 0.3) is 0 Å². The highest BCUT2D eigenvalue weighted by atomic mass is 16.6. The Balaban J connectivity index is 3.14. The fourth-order valence-corrected chi connectivity index (χ4v) is 0.212. The predicted molar refractivity (Wildman–Crippen MR) is 27.8 cm³/mol. The van der Waals surface area contributed by atoms with Crippen LogP contribution >= 0.6 is 0 Å². The van der Waals surface area contributed by atoms with Crippen molar-refractivity contribution in [3.63, 3.8) is 0 Å². The highest BCUT2D eigenvalue weighted by Gasteiger charge is 1.77. The Morgan fingerprint density at radius 1 is 1.71 bits per heavy atom. The van der Waals surface area contributed by atoms with E-state index in [4.69, 9.17) is 5.84 Å². The Morgan fingerprint density at radius 3 is 2.14 bits per heavy atom. The Labute approximate surface area is 43.0 Å². The molecule has 4 heteroatoms. The van der Waals surface area contributed by atoms with Crippen LogP contribution in [0.5, 0.6) is 0 Å². The van der Waals surface area contributed by atoms with E-state index in [0.29, 0.717) is 11.7 Å². The van der Waals surface area contributed by atoms with Crippen LogP contribution in [0.2, 0.25) is 0 Å². The third-order valence-electron chi connectivity index (χ3n) is 0.605. The molecule has 0 aliphatic heterocycles. The lowest BCUT2D eigenvalue weighted by molar-refractivity contribution is 0.116. The van der Waals surface area contributed by atoms with Crippen molar-refractivity contribution in [1.82, 2.24) is 10.3 Å². The highest BCUT2D eigenvalue weighted by molar-refractivity contribution is 4.47. The fourth-order valence-electron chi connectivity index (χ4n) is 0.212. The minimum Gasteiger partial charge on any atom is -0.773 e. The van der Waals surface area contributed by atoms with E-state index in [2.05, 4.69) is 0 Å². The maximum absolute atomic E-state index is 10.2.